The van der Waals surface area contributed by atoms with Crippen molar-refractivity contribution in [3.05, 3.63) is 64.8 Å². The van der Waals surface area contributed by atoms with E-state index in [1.165, 1.54) is 16.8 Å². The molecule has 150 valence electrons. The third-order valence-electron chi connectivity index (χ3n) is 4.32. The minimum atomic E-state index is -5.00. The van der Waals surface area contributed by atoms with Gasteiger partial charge in [-0.05, 0) is 30.3 Å². The highest BCUT2D eigenvalue weighted by Gasteiger charge is 2.38. The van der Waals surface area contributed by atoms with E-state index >= 15 is 0 Å². The zero-order valence-corrected chi connectivity index (χ0v) is 14.2. The van der Waals surface area contributed by atoms with Crippen molar-refractivity contribution < 1.29 is 35.9 Å². The highest BCUT2D eigenvalue weighted by atomic mass is 19.4. The number of rotatable bonds is 1. The number of carbonyl (C=O) groups excluding carboxylic acids is 1. The Kier molecular flexibility index (Phi) is 4.14. The van der Waals surface area contributed by atoms with Gasteiger partial charge in [0.2, 0.25) is 0 Å². The number of ether oxygens (including phenoxy) is 1. The number of esters is 1. The summed E-state index contributed by atoms with van der Waals surface area (Å²) < 4.78 is 85.2. The number of fused-ring (bicyclic) bond motifs is 3. The lowest BCUT2D eigenvalue weighted by atomic mass is 10.0. The van der Waals surface area contributed by atoms with Gasteiger partial charge in [0.25, 0.3) is 0 Å². The van der Waals surface area contributed by atoms with Gasteiger partial charge in [-0.3, -0.25) is 0 Å². The molecule has 1 aliphatic rings. The third kappa shape index (κ3) is 3.32. The topological polar surface area (TPSA) is 57.0 Å². The van der Waals surface area contributed by atoms with Crippen molar-refractivity contribution in [1.82, 2.24) is 15.0 Å². The molecule has 1 aromatic heterocycles. The van der Waals surface area contributed by atoms with Crippen LogP contribution in [0.2, 0.25) is 0 Å². The molecule has 2 aromatic carbocycles. The molecule has 0 aliphatic carbocycles. The Labute approximate surface area is 158 Å². The van der Waals surface area contributed by atoms with Gasteiger partial charge in [-0.25, -0.2) is 9.48 Å². The Bertz CT molecular complexity index is 1090. The van der Waals surface area contributed by atoms with E-state index in [0.717, 1.165) is 0 Å². The lowest BCUT2D eigenvalue weighted by Gasteiger charge is -2.14. The maximum Gasteiger partial charge on any atom is 0.416 e. The van der Waals surface area contributed by atoms with E-state index in [-0.39, 0.29) is 28.7 Å². The number of benzene rings is 2. The van der Waals surface area contributed by atoms with Crippen molar-refractivity contribution in [2.45, 2.75) is 19.0 Å². The number of para-hydroxylation sites is 1. The molecule has 0 saturated carbocycles. The molecule has 5 nitrogen and oxygen atoms in total. The van der Waals surface area contributed by atoms with Crippen LogP contribution in [-0.4, -0.2) is 21.0 Å². The summed E-state index contributed by atoms with van der Waals surface area (Å²) in [4.78, 5) is 12.1. The smallest absolute Gasteiger partial charge is 0.416 e. The van der Waals surface area contributed by atoms with Crippen molar-refractivity contribution in [2.24, 2.45) is 0 Å². The fraction of sp³-hybridized carbons (Fsp3) is 0.167. The van der Waals surface area contributed by atoms with Crippen LogP contribution in [0, 0.1) is 0 Å². The summed E-state index contributed by atoms with van der Waals surface area (Å²) in [6, 6.07) is 7.27. The first-order valence-corrected chi connectivity index (χ1v) is 8.06. The Morgan fingerprint density at radius 3 is 2.17 bits per heavy atom. The Hall–Kier alpha value is -3.37. The Morgan fingerprint density at radius 1 is 0.931 bits per heavy atom. The van der Waals surface area contributed by atoms with Crippen molar-refractivity contribution in [1.29, 1.82) is 0 Å². The van der Waals surface area contributed by atoms with Gasteiger partial charge in [-0.15, -0.1) is 5.10 Å². The molecule has 0 fully saturated rings. The highest BCUT2D eigenvalue weighted by Crippen LogP contribution is 2.39. The summed E-state index contributed by atoms with van der Waals surface area (Å²) >= 11 is 0. The van der Waals surface area contributed by atoms with Crippen LogP contribution in [-0.2, 0) is 23.7 Å². The van der Waals surface area contributed by atoms with Gasteiger partial charge in [0.1, 0.15) is 18.0 Å². The summed E-state index contributed by atoms with van der Waals surface area (Å²) in [7, 11) is 0. The number of alkyl halides is 6. The van der Waals surface area contributed by atoms with Crippen molar-refractivity contribution >= 4 is 5.97 Å². The molecule has 11 heteroatoms. The van der Waals surface area contributed by atoms with Gasteiger partial charge in [0.05, 0.1) is 22.4 Å². The van der Waals surface area contributed by atoms with E-state index in [2.05, 4.69) is 10.3 Å². The maximum atomic E-state index is 13.2. The van der Waals surface area contributed by atoms with Crippen LogP contribution in [0.3, 0.4) is 0 Å². The lowest BCUT2D eigenvalue weighted by molar-refractivity contribution is -0.143. The van der Waals surface area contributed by atoms with E-state index < -0.39 is 41.6 Å². The van der Waals surface area contributed by atoms with Crippen LogP contribution in [0.25, 0.3) is 16.9 Å². The van der Waals surface area contributed by atoms with E-state index in [1.807, 2.05) is 0 Å². The summed E-state index contributed by atoms with van der Waals surface area (Å²) in [5.41, 5.74) is -3.19. The molecule has 29 heavy (non-hydrogen) atoms. The Balaban J connectivity index is 1.93. The molecule has 0 radical (unpaired) electrons. The first-order valence-electron chi connectivity index (χ1n) is 8.06. The van der Waals surface area contributed by atoms with Gasteiger partial charge in [0, 0.05) is 5.56 Å². The molecule has 0 bridgehead atoms. The molecule has 0 saturated heterocycles. The molecule has 2 heterocycles. The van der Waals surface area contributed by atoms with Crippen LogP contribution in [0.4, 0.5) is 26.3 Å². The monoisotopic (exact) mass is 413 g/mol. The second-order valence-electron chi connectivity index (χ2n) is 6.18. The molecule has 4 rings (SSSR count). The highest BCUT2D eigenvalue weighted by molar-refractivity contribution is 5.94. The molecule has 1 aliphatic heterocycles. The van der Waals surface area contributed by atoms with Crippen molar-refractivity contribution in [3.8, 4) is 16.9 Å². The number of aromatic nitrogens is 3. The first-order chi connectivity index (χ1) is 13.6. The second-order valence-corrected chi connectivity index (χ2v) is 6.18. The molecule has 0 atom stereocenters. The van der Waals surface area contributed by atoms with Gasteiger partial charge < -0.3 is 4.74 Å². The normalized spacial score (nSPS) is 14.1. The third-order valence-corrected chi connectivity index (χ3v) is 4.32. The van der Waals surface area contributed by atoms with Gasteiger partial charge in [-0.1, -0.05) is 17.3 Å². The number of hydrogen-bond acceptors (Lipinski definition) is 4. The number of carbonyl (C=O) groups is 1. The zero-order valence-electron chi connectivity index (χ0n) is 14.2. The average Bonchev–Trinajstić information content (AvgIpc) is 3.02. The largest absolute Gasteiger partial charge is 0.455 e. The fourth-order valence-corrected chi connectivity index (χ4v) is 2.98. The second kappa shape index (κ2) is 6.33. The lowest BCUT2D eigenvalue weighted by Crippen LogP contribution is -2.11. The van der Waals surface area contributed by atoms with E-state index in [4.69, 9.17) is 4.74 Å². The SMILES string of the molecule is O=C1OCc2c(-c3cc(C(F)(F)F)cc(C(F)(F)F)c3)nnn2-c2ccccc21. The minimum Gasteiger partial charge on any atom is -0.455 e. The van der Waals surface area contributed by atoms with Gasteiger partial charge >= 0.3 is 18.3 Å². The van der Waals surface area contributed by atoms with Crippen LogP contribution in [0.1, 0.15) is 27.2 Å². The molecule has 3 aromatic rings. The van der Waals surface area contributed by atoms with E-state index in [9.17, 15) is 31.1 Å². The summed E-state index contributed by atoms with van der Waals surface area (Å²) in [5, 5.41) is 7.59. The summed E-state index contributed by atoms with van der Waals surface area (Å²) in [5.74, 6) is -0.697. The maximum absolute atomic E-state index is 13.2. The summed E-state index contributed by atoms with van der Waals surface area (Å²) in [6.07, 6.45) is -10.0. The fourth-order valence-electron chi connectivity index (χ4n) is 2.98. The van der Waals surface area contributed by atoms with E-state index in [0.29, 0.717) is 12.1 Å². The minimum absolute atomic E-state index is 0.0288. The van der Waals surface area contributed by atoms with Gasteiger partial charge in [0.15, 0.2) is 0 Å². The quantitative estimate of drug-likeness (QED) is 0.431. The molecule has 0 amide bonds. The first kappa shape index (κ1) is 19.0. The Morgan fingerprint density at radius 2 is 1.55 bits per heavy atom. The van der Waals surface area contributed by atoms with Crippen LogP contribution >= 0.6 is 0 Å². The standard InChI is InChI=1S/C18H9F6N3O2/c19-17(20,21)10-5-9(6-11(7-10)18(22,23)24)15-14-8-29-16(28)12-3-1-2-4-13(12)27(14)26-25-15/h1-7H,8H2. The van der Waals surface area contributed by atoms with E-state index in [1.54, 1.807) is 12.1 Å². The van der Waals surface area contributed by atoms with Crippen molar-refractivity contribution in [2.75, 3.05) is 0 Å². The molecular formula is C18H9F6N3O2. The molecule has 0 spiro atoms. The number of nitrogens with zero attached hydrogens (tertiary/aromatic N) is 3. The molecule has 0 N–H and O–H groups in total. The molecular weight excluding hydrogens is 404 g/mol. The van der Waals surface area contributed by atoms with Gasteiger partial charge in [-0.2, -0.15) is 26.3 Å². The van der Waals surface area contributed by atoms with Crippen LogP contribution < -0.4 is 0 Å². The average molecular weight is 413 g/mol. The zero-order chi connectivity index (χ0) is 21.0. The predicted octanol–water partition coefficient (Wildman–Crippen LogP) is 4.64. The predicted molar refractivity (Wildman–Crippen MR) is 85.9 cm³/mol. The number of cyclic esters (lactones) is 1. The van der Waals surface area contributed by atoms with Crippen LogP contribution in [0.5, 0.6) is 0 Å². The molecule has 0 unspecified atom stereocenters. The van der Waals surface area contributed by atoms with Crippen molar-refractivity contribution in [3.63, 3.8) is 0 Å². The summed E-state index contributed by atoms with van der Waals surface area (Å²) in [6.45, 7) is -0.423. The number of hydrogen-bond donors (Lipinski definition) is 0. The van der Waals surface area contributed by atoms with Crippen LogP contribution in [0.15, 0.2) is 42.5 Å². The number of halogens is 6.